The first-order valence-corrected chi connectivity index (χ1v) is 9.46. The average Bonchev–Trinajstić information content (AvgIpc) is 3.01. The van der Waals surface area contributed by atoms with Gasteiger partial charge in [0.05, 0.1) is 6.10 Å². The number of aliphatic hydroxyl groups is 1. The van der Waals surface area contributed by atoms with Gasteiger partial charge < -0.3 is 10.2 Å². The van der Waals surface area contributed by atoms with Gasteiger partial charge in [-0.1, -0.05) is 30.3 Å². The molecule has 0 aliphatic rings. The van der Waals surface area contributed by atoms with Crippen molar-refractivity contribution in [1.82, 2.24) is 0 Å². The van der Waals surface area contributed by atoms with Gasteiger partial charge in [-0.15, -0.1) is 11.3 Å². The highest BCUT2D eigenvalue weighted by Crippen LogP contribution is 2.21. The minimum atomic E-state index is -0.791. The largest absolute Gasteiger partial charge is 0.481 e. The summed E-state index contributed by atoms with van der Waals surface area (Å²) in [5, 5.41) is 18.5. The second-order valence-corrected chi connectivity index (χ2v) is 7.44. The van der Waals surface area contributed by atoms with Gasteiger partial charge in [-0.3, -0.25) is 4.79 Å². The van der Waals surface area contributed by atoms with E-state index in [9.17, 15) is 9.90 Å². The highest BCUT2D eigenvalue weighted by molar-refractivity contribution is 7.11. The van der Waals surface area contributed by atoms with Gasteiger partial charge in [0.25, 0.3) is 0 Å². The van der Waals surface area contributed by atoms with Crippen molar-refractivity contribution in [3.63, 3.8) is 0 Å². The standard InChI is InChI=1S/C20H26O3S/c21-17(9-5-11-20(22)23)12-13-19-15-14-18(24-19)10-4-8-16-6-2-1-3-7-16/h1-3,6-7,14-15,17,21H,4-5,8-13H2,(H,22,23). The molecule has 2 N–H and O–H groups in total. The molecule has 0 fully saturated rings. The third-order valence-corrected chi connectivity index (χ3v) is 5.31. The SMILES string of the molecule is O=C(O)CCCC(O)CCc1ccc(CCCc2ccccc2)s1. The van der Waals surface area contributed by atoms with Gasteiger partial charge >= 0.3 is 5.97 Å². The summed E-state index contributed by atoms with van der Waals surface area (Å²) >= 11 is 1.83. The molecule has 2 aromatic rings. The van der Waals surface area contributed by atoms with Crippen LogP contribution in [0.5, 0.6) is 0 Å². The molecule has 3 nitrogen and oxygen atoms in total. The van der Waals surface area contributed by atoms with Crippen LogP contribution >= 0.6 is 11.3 Å². The maximum absolute atomic E-state index is 10.5. The van der Waals surface area contributed by atoms with Crippen molar-refractivity contribution < 1.29 is 15.0 Å². The Labute approximate surface area is 148 Å². The zero-order valence-corrected chi connectivity index (χ0v) is 14.8. The number of hydrogen-bond acceptors (Lipinski definition) is 3. The van der Waals surface area contributed by atoms with Gasteiger partial charge in [0.1, 0.15) is 0 Å². The molecule has 1 aromatic heterocycles. The fourth-order valence-electron chi connectivity index (χ4n) is 2.74. The summed E-state index contributed by atoms with van der Waals surface area (Å²) < 4.78 is 0. The van der Waals surface area contributed by atoms with Crippen molar-refractivity contribution >= 4 is 17.3 Å². The number of thiophene rings is 1. The van der Waals surface area contributed by atoms with Crippen LogP contribution < -0.4 is 0 Å². The number of aliphatic carboxylic acids is 1. The number of carbonyl (C=O) groups is 1. The second kappa shape index (κ2) is 10.3. The van der Waals surface area contributed by atoms with E-state index in [4.69, 9.17) is 5.11 Å². The lowest BCUT2D eigenvalue weighted by Gasteiger charge is -2.08. The molecule has 0 saturated carbocycles. The molecule has 0 spiro atoms. The summed E-state index contributed by atoms with van der Waals surface area (Å²) in [6.45, 7) is 0. The summed E-state index contributed by atoms with van der Waals surface area (Å²) in [6, 6.07) is 14.9. The van der Waals surface area contributed by atoms with Crippen LogP contribution in [0, 0.1) is 0 Å². The first-order valence-electron chi connectivity index (χ1n) is 8.65. The van der Waals surface area contributed by atoms with Crippen molar-refractivity contribution in [2.75, 3.05) is 0 Å². The van der Waals surface area contributed by atoms with Gasteiger partial charge in [-0.2, -0.15) is 0 Å². The minimum absolute atomic E-state index is 0.141. The summed E-state index contributed by atoms with van der Waals surface area (Å²) in [6.07, 6.45) is 5.81. The van der Waals surface area contributed by atoms with E-state index in [0.717, 1.165) is 25.7 Å². The Kier molecular flexibility index (Phi) is 7.99. The van der Waals surface area contributed by atoms with Crippen molar-refractivity contribution in [1.29, 1.82) is 0 Å². The van der Waals surface area contributed by atoms with Gasteiger partial charge in [-0.05, 0) is 62.6 Å². The molecule has 0 aliphatic carbocycles. The van der Waals surface area contributed by atoms with Crippen LogP contribution in [0.3, 0.4) is 0 Å². The molecule has 0 saturated heterocycles. The molecule has 0 aliphatic heterocycles. The normalized spacial score (nSPS) is 12.2. The van der Waals surface area contributed by atoms with Gasteiger partial charge in [0.2, 0.25) is 0 Å². The molecular formula is C20H26O3S. The Hall–Kier alpha value is -1.65. The van der Waals surface area contributed by atoms with Gasteiger partial charge in [0, 0.05) is 16.2 Å². The molecule has 1 heterocycles. The predicted molar refractivity (Wildman–Crippen MR) is 98.6 cm³/mol. The van der Waals surface area contributed by atoms with E-state index in [2.05, 4.69) is 36.4 Å². The Morgan fingerprint density at radius 1 is 0.917 bits per heavy atom. The first-order chi connectivity index (χ1) is 11.6. The summed E-state index contributed by atoms with van der Waals surface area (Å²) in [7, 11) is 0. The van der Waals surface area contributed by atoms with Crippen molar-refractivity contribution in [3.05, 3.63) is 57.8 Å². The smallest absolute Gasteiger partial charge is 0.303 e. The Balaban J connectivity index is 1.64. The third kappa shape index (κ3) is 7.28. The first kappa shape index (κ1) is 18.7. The molecule has 0 amide bonds. The fraction of sp³-hybridized carbons (Fsp3) is 0.450. The molecule has 130 valence electrons. The van der Waals surface area contributed by atoms with Crippen LogP contribution in [-0.4, -0.2) is 22.3 Å². The Bertz CT molecular complexity index is 606. The lowest BCUT2D eigenvalue weighted by Crippen LogP contribution is -2.08. The molecule has 4 heteroatoms. The lowest BCUT2D eigenvalue weighted by molar-refractivity contribution is -0.137. The van der Waals surface area contributed by atoms with Gasteiger partial charge in [-0.25, -0.2) is 0 Å². The highest BCUT2D eigenvalue weighted by Gasteiger charge is 2.08. The number of rotatable bonds is 11. The van der Waals surface area contributed by atoms with E-state index >= 15 is 0 Å². The number of hydrogen-bond donors (Lipinski definition) is 2. The zero-order valence-electron chi connectivity index (χ0n) is 14.0. The molecule has 2 rings (SSSR count). The zero-order chi connectivity index (χ0) is 17.2. The van der Waals surface area contributed by atoms with Crippen LogP contribution in [0.25, 0.3) is 0 Å². The average molecular weight is 346 g/mol. The van der Waals surface area contributed by atoms with Crippen molar-refractivity contribution in [3.8, 4) is 0 Å². The van der Waals surface area contributed by atoms with E-state index in [1.54, 1.807) is 0 Å². The molecule has 24 heavy (non-hydrogen) atoms. The van der Waals surface area contributed by atoms with Gasteiger partial charge in [0.15, 0.2) is 0 Å². The minimum Gasteiger partial charge on any atom is -0.481 e. The number of benzene rings is 1. The third-order valence-electron chi connectivity index (χ3n) is 4.10. The second-order valence-electron chi connectivity index (χ2n) is 6.19. The predicted octanol–water partition coefficient (Wildman–Crippen LogP) is 4.47. The van der Waals surface area contributed by atoms with Crippen LogP contribution in [0.4, 0.5) is 0 Å². The fourth-order valence-corrected chi connectivity index (χ4v) is 3.82. The molecule has 0 bridgehead atoms. The van der Waals surface area contributed by atoms with Crippen LogP contribution in [0.2, 0.25) is 0 Å². The van der Waals surface area contributed by atoms with Crippen molar-refractivity contribution in [2.45, 2.75) is 57.5 Å². The van der Waals surface area contributed by atoms with Crippen LogP contribution in [0.15, 0.2) is 42.5 Å². The molecule has 1 atom stereocenters. The molecule has 1 aromatic carbocycles. The number of aryl methyl sites for hydroxylation is 3. The monoisotopic (exact) mass is 346 g/mol. The maximum atomic E-state index is 10.5. The van der Waals surface area contributed by atoms with Crippen LogP contribution in [-0.2, 0) is 24.1 Å². The summed E-state index contributed by atoms with van der Waals surface area (Å²) in [4.78, 5) is 13.2. The van der Waals surface area contributed by atoms with E-state index in [1.165, 1.54) is 15.3 Å². The Morgan fingerprint density at radius 3 is 2.33 bits per heavy atom. The number of carboxylic acid groups (broad SMARTS) is 1. The van der Waals surface area contributed by atoms with E-state index in [0.29, 0.717) is 19.3 Å². The summed E-state index contributed by atoms with van der Waals surface area (Å²) in [5.74, 6) is -0.791. The topological polar surface area (TPSA) is 57.5 Å². The molecule has 1 unspecified atom stereocenters. The highest BCUT2D eigenvalue weighted by atomic mass is 32.1. The molecular weight excluding hydrogens is 320 g/mol. The summed E-state index contributed by atoms with van der Waals surface area (Å²) in [5.41, 5.74) is 1.39. The van der Waals surface area contributed by atoms with E-state index in [1.807, 2.05) is 17.4 Å². The molecule has 0 radical (unpaired) electrons. The maximum Gasteiger partial charge on any atom is 0.303 e. The number of aliphatic hydroxyl groups excluding tert-OH is 1. The quantitative estimate of drug-likeness (QED) is 0.631. The Morgan fingerprint density at radius 2 is 1.62 bits per heavy atom. The lowest BCUT2D eigenvalue weighted by atomic mass is 10.1. The van der Waals surface area contributed by atoms with Crippen molar-refractivity contribution in [2.24, 2.45) is 0 Å². The van der Waals surface area contributed by atoms with E-state index < -0.39 is 12.1 Å². The van der Waals surface area contributed by atoms with Crippen LogP contribution in [0.1, 0.15) is 47.4 Å². The number of carboxylic acids is 1. The van der Waals surface area contributed by atoms with E-state index in [-0.39, 0.29) is 6.42 Å².